The zero-order valence-corrected chi connectivity index (χ0v) is 8.49. The van der Waals surface area contributed by atoms with E-state index >= 15 is 0 Å². The van der Waals surface area contributed by atoms with Crippen molar-refractivity contribution in [1.29, 1.82) is 0 Å². The molecule has 0 aromatic rings. The second-order valence-electron chi connectivity index (χ2n) is 3.28. The van der Waals surface area contributed by atoms with E-state index in [0.717, 1.165) is 12.8 Å². The number of cyclic esters (lactones) is 2. The smallest absolute Gasteiger partial charge is 0.430 e. The second-order valence-corrected chi connectivity index (χ2v) is 3.28. The highest BCUT2D eigenvalue weighted by atomic mass is 16.8. The quantitative estimate of drug-likeness (QED) is 0.631. The van der Waals surface area contributed by atoms with Crippen LogP contribution in [0.15, 0.2) is 0 Å². The van der Waals surface area contributed by atoms with Crippen LogP contribution in [0.5, 0.6) is 0 Å². The van der Waals surface area contributed by atoms with Gasteiger partial charge in [-0.25, -0.2) is 4.79 Å². The van der Waals surface area contributed by atoms with E-state index in [1.54, 1.807) is 11.9 Å². The van der Waals surface area contributed by atoms with Crippen LogP contribution in [0, 0.1) is 0 Å². The molecule has 0 saturated carbocycles. The molecule has 1 fully saturated rings. The molecule has 1 aliphatic rings. The van der Waals surface area contributed by atoms with Crippen LogP contribution >= 0.6 is 0 Å². The molecule has 14 heavy (non-hydrogen) atoms. The third kappa shape index (κ3) is 2.61. The average molecular weight is 201 g/mol. The maximum absolute atomic E-state index is 11.6. The lowest BCUT2D eigenvalue weighted by Crippen LogP contribution is -2.38. The first-order chi connectivity index (χ1) is 6.65. The monoisotopic (exact) mass is 201 g/mol. The first kappa shape index (κ1) is 10.8. The van der Waals surface area contributed by atoms with Gasteiger partial charge in [-0.2, -0.15) is 0 Å². The largest absolute Gasteiger partial charge is 0.509 e. The van der Waals surface area contributed by atoms with Crippen molar-refractivity contribution in [2.75, 3.05) is 20.2 Å². The summed E-state index contributed by atoms with van der Waals surface area (Å²) in [7, 11) is 1.70. The Kier molecular flexibility index (Phi) is 3.73. The van der Waals surface area contributed by atoms with E-state index < -0.39 is 12.3 Å². The predicted octanol–water partition coefficient (Wildman–Crippen LogP) is 0.780. The van der Waals surface area contributed by atoms with Crippen molar-refractivity contribution in [3.8, 4) is 0 Å². The number of likely N-dealkylation sites (N-methyl/N-ethyl adjacent to an activating group) is 1. The number of carbonyl (C=O) groups excluding carboxylic acids is 2. The molecule has 1 saturated heterocycles. The van der Waals surface area contributed by atoms with E-state index in [1.165, 1.54) is 0 Å². The Morgan fingerprint density at radius 2 is 2.36 bits per heavy atom. The molecule has 1 rings (SSSR count). The Bertz CT molecular complexity index is 229. The summed E-state index contributed by atoms with van der Waals surface area (Å²) in [5.74, 6) is -0.190. The average Bonchev–Trinajstić information content (AvgIpc) is 2.60. The number of unbranched alkanes of at least 4 members (excludes halogenated alkanes) is 1. The van der Waals surface area contributed by atoms with Crippen LogP contribution in [0.1, 0.15) is 19.8 Å². The number of nitrogens with zero attached hydrogens (tertiary/aromatic N) is 1. The molecule has 1 unspecified atom stereocenters. The minimum Gasteiger partial charge on any atom is -0.430 e. The summed E-state index contributed by atoms with van der Waals surface area (Å²) >= 11 is 0. The van der Waals surface area contributed by atoms with Crippen LogP contribution in [0.4, 0.5) is 4.79 Å². The van der Waals surface area contributed by atoms with Gasteiger partial charge in [0.25, 0.3) is 5.91 Å². The van der Waals surface area contributed by atoms with Crippen LogP contribution in [0.2, 0.25) is 0 Å². The van der Waals surface area contributed by atoms with Crippen molar-refractivity contribution in [2.24, 2.45) is 0 Å². The van der Waals surface area contributed by atoms with Crippen molar-refractivity contribution in [1.82, 2.24) is 4.90 Å². The maximum Gasteiger partial charge on any atom is 0.509 e. The zero-order valence-electron chi connectivity index (χ0n) is 8.49. The summed E-state index contributed by atoms with van der Waals surface area (Å²) in [4.78, 5) is 23.7. The number of hydrogen-bond donors (Lipinski definition) is 0. The van der Waals surface area contributed by atoms with Gasteiger partial charge in [-0.15, -0.1) is 0 Å². The van der Waals surface area contributed by atoms with Gasteiger partial charge in [-0.05, 0) is 6.42 Å². The van der Waals surface area contributed by atoms with Crippen LogP contribution in [0.3, 0.4) is 0 Å². The molecule has 1 heterocycles. The summed E-state index contributed by atoms with van der Waals surface area (Å²) in [6.45, 7) is 2.77. The highest BCUT2D eigenvalue weighted by Gasteiger charge is 2.33. The molecule has 0 aliphatic carbocycles. The lowest BCUT2D eigenvalue weighted by Gasteiger charge is -2.18. The van der Waals surface area contributed by atoms with Crippen molar-refractivity contribution in [3.05, 3.63) is 0 Å². The third-order valence-electron chi connectivity index (χ3n) is 2.09. The second kappa shape index (κ2) is 4.83. The van der Waals surface area contributed by atoms with Gasteiger partial charge in [0.05, 0.1) is 0 Å². The van der Waals surface area contributed by atoms with E-state index in [-0.39, 0.29) is 12.5 Å². The Morgan fingerprint density at radius 3 is 2.86 bits per heavy atom. The highest BCUT2D eigenvalue weighted by molar-refractivity contribution is 5.84. The Balaban J connectivity index is 2.36. The summed E-state index contributed by atoms with van der Waals surface area (Å²) in [5.41, 5.74) is 0. The van der Waals surface area contributed by atoms with E-state index in [0.29, 0.717) is 6.54 Å². The fraction of sp³-hybridized carbons (Fsp3) is 0.778. The fourth-order valence-electron chi connectivity index (χ4n) is 1.20. The number of hydrogen-bond acceptors (Lipinski definition) is 4. The van der Waals surface area contributed by atoms with Crippen molar-refractivity contribution in [2.45, 2.75) is 25.9 Å². The molecule has 5 heteroatoms. The van der Waals surface area contributed by atoms with Crippen molar-refractivity contribution >= 4 is 12.1 Å². The molecular weight excluding hydrogens is 186 g/mol. The lowest BCUT2D eigenvalue weighted by molar-refractivity contribution is -0.137. The topological polar surface area (TPSA) is 55.8 Å². The van der Waals surface area contributed by atoms with E-state index in [4.69, 9.17) is 0 Å². The van der Waals surface area contributed by atoms with Gasteiger partial charge in [0.2, 0.25) is 6.10 Å². The molecule has 0 aromatic heterocycles. The van der Waals surface area contributed by atoms with E-state index in [1.807, 2.05) is 0 Å². The fourth-order valence-corrected chi connectivity index (χ4v) is 1.20. The summed E-state index contributed by atoms with van der Waals surface area (Å²) in [5, 5.41) is 0. The molecule has 0 aromatic carbocycles. The predicted molar refractivity (Wildman–Crippen MR) is 48.8 cm³/mol. The van der Waals surface area contributed by atoms with Crippen LogP contribution in [0.25, 0.3) is 0 Å². The number of rotatable bonds is 4. The molecule has 80 valence electrons. The highest BCUT2D eigenvalue weighted by Crippen LogP contribution is 2.09. The van der Waals surface area contributed by atoms with Gasteiger partial charge >= 0.3 is 6.16 Å². The zero-order chi connectivity index (χ0) is 10.6. The van der Waals surface area contributed by atoms with Crippen molar-refractivity contribution < 1.29 is 19.1 Å². The number of amides is 1. The van der Waals surface area contributed by atoms with E-state index in [9.17, 15) is 9.59 Å². The minimum atomic E-state index is -0.757. The molecule has 1 amide bonds. The number of carbonyl (C=O) groups is 2. The minimum absolute atomic E-state index is 0.0358. The first-order valence-corrected chi connectivity index (χ1v) is 4.73. The maximum atomic E-state index is 11.6. The van der Waals surface area contributed by atoms with Crippen molar-refractivity contribution in [3.63, 3.8) is 0 Å². The van der Waals surface area contributed by atoms with Gasteiger partial charge in [0, 0.05) is 13.6 Å². The molecule has 1 aliphatic heterocycles. The van der Waals surface area contributed by atoms with Gasteiger partial charge in [0.1, 0.15) is 6.61 Å². The van der Waals surface area contributed by atoms with Crippen LogP contribution in [-0.2, 0) is 14.3 Å². The summed E-state index contributed by atoms with van der Waals surface area (Å²) in [6, 6.07) is 0. The first-order valence-electron chi connectivity index (χ1n) is 4.73. The summed E-state index contributed by atoms with van der Waals surface area (Å²) < 4.78 is 9.20. The van der Waals surface area contributed by atoms with Gasteiger partial charge in [-0.3, -0.25) is 4.79 Å². The third-order valence-corrected chi connectivity index (χ3v) is 2.09. The molecule has 0 spiro atoms. The molecule has 0 radical (unpaired) electrons. The van der Waals surface area contributed by atoms with Gasteiger partial charge in [0.15, 0.2) is 0 Å². The molecule has 0 bridgehead atoms. The van der Waals surface area contributed by atoms with Gasteiger partial charge in [-0.1, -0.05) is 13.3 Å². The lowest BCUT2D eigenvalue weighted by atomic mass is 10.3. The molecular formula is C9H15NO4. The van der Waals surface area contributed by atoms with E-state index in [2.05, 4.69) is 16.4 Å². The normalized spacial score (nSPS) is 20.1. The molecule has 5 nitrogen and oxygen atoms in total. The molecule has 1 atom stereocenters. The van der Waals surface area contributed by atoms with Gasteiger partial charge < -0.3 is 14.4 Å². The van der Waals surface area contributed by atoms with Crippen LogP contribution < -0.4 is 0 Å². The Labute approximate surface area is 83.0 Å². The standard InChI is InChI=1S/C9H15NO4/c1-3-4-5-10(2)8(11)7-6-13-9(12)14-7/h7H,3-6H2,1-2H3. The number of ether oxygens (including phenoxy) is 2. The Hall–Kier alpha value is -1.26. The SMILES string of the molecule is CCCCN(C)C(=O)C1COC(=O)O1. The Morgan fingerprint density at radius 1 is 1.64 bits per heavy atom. The summed E-state index contributed by atoms with van der Waals surface area (Å²) in [6.07, 6.45) is 0.471. The van der Waals surface area contributed by atoms with Crippen LogP contribution in [-0.4, -0.2) is 43.3 Å². The molecule has 0 N–H and O–H groups in total.